The summed E-state index contributed by atoms with van der Waals surface area (Å²) < 4.78 is 2.51. The summed E-state index contributed by atoms with van der Waals surface area (Å²) >= 11 is 3.39. The Hall–Kier alpha value is -1.49. The summed E-state index contributed by atoms with van der Waals surface area (Å²) in [5, 5.41) is 4.22. The average Bonchev–Trinajstić information content (AvgIpc) is 2.79. The fraction of sp³-hybridized carbons (Fsp3) is 0.357. The molecule has 0 fully saturated rings. The lowest BCUT2D eigenvalue weighted by Gasteiger charge is -2.10. The molecule has 0 saturated carbocycles. The molecule has 2 heterocycles. The van der Waals surface area contributed by atoms with Crippen LogP contribution < -0.4 is 0 Å². The summed E-state index contributed by atoms with van der Waals surface area (Å²) in [5.74, 6) is 0.0868. The molecular formula is C14H16BrN3O. The van der Waals surface area contributed by atoms with Gasteiger partial charge in [-0.15, -0.1) is 0 Å². The first-order valence-corrected chi connectivity index (χ1v) is 7.05. The summed E-state index contributed by atoms with van der Waals surface area (Å²) in [6, 6.07) is 5.90. The molecule has 100 valence electrons. The van der Waals surface area contributed by atoms with Crippen LogP contribution in [0.3, 0.4) is 0 Å². The third kappa shape index (κ3) is 3.29. The number of halogens is 1. The van der Waals surface area contributed by atoms with Crippen molar-refractivity contribution >= 4 is 21.7 Å². The van der Waals surface area contributed by atoms with Crippen LogP contribution in [-0.4, -0.2) is 20.5 Å². The monoisotopic (exact) mass is 321 g/mol. The predicted molar refractivity (Wildman–Crippen MR) is 77.2 cm³/mol. The second-order valence-corrected chi connectivity index (χ2v) is 5.48. The molecule has 2 aromatic heterocycles. The zero-order valence-corrected chi connectivity index (χ0v) is 12.6. The topological polar surface area (TPSA) is 47.8 Å². The van der Waals surface area contributed by atoms with Gasteiger partial charge in [-0.05, 0) is 48.3 Å². The Morgan fingerprint density at radius 1 is 1.42 bits per heavy atom. The predicted octanol–water partition coefficient (Wildman–Crippen LogP) is 3.44. The van der Waals surface area contributed by atoms with Gasteiger partial charge in [0, 0.05) is 24.4 Å². The van der Waals surface area contributed by atoms with Crippen molar-refractivity contribution in [3.63, 3.8) is 0 Å². The number of rotatable bonds is 5. The lowest BCUT2D eigenvalue weighted by atomic mass is 10.1. The van der Waals surface area contributed by atoms with Gasteiger partial charge in [0.25, 0.3) is 0 Å². The third-order valence-electron chi connectivity index (χ3n) is 2.84. The number of carbonyl (C=O) groups is 1. The van der Waals surface area contributed by atoms with E-state index in [1.807, 2.05) is 32.0 Å². The number of pyridine rings is 1. The number of hydrogen-bond acceptors (Lipinski definition) is 3. The van der Waals surface area contributed by atoms with Gasteiger partial charge in [-0.3, -0.25) is 14.5 Å². The fourth-order valence-electron chi connectivity index (χ4n) is 1.90. The highest BCUT2D eigenvalue weighted by atomic mass is 79.9. The summed E-state index contributed by atoms with van der Waals surface area (Å²) in [6.45, 7) is 4.02. The zero-order chi connectivity index (χ0) is 13.8. The maximum Gasteiger partial charge on any atom is 0.182 e. The Labute approximate surface area is 121 Å². The summed E-state index contributed by atoms with van der Waals surface area (Å²) in [4.78, 5) is 16.5. The van der Waals surface area contributed by atoms with Gasteiger partial charge in [-0.25, -0.2) is 0 Å². The van der Waals surface area contributed by atoms with Gasteiger partial charge in [-0.1, -0.05) is 6.07 Å². The molecular weight excluding hydrogens is 306 g/mol. The number of Topliss-reactive ketones (excluding diaryl/α,β-unsaturated/α-hetero) is 1. The first kappa shape index (κ1) is 13.9. The van der Waals surface area contributed by atoms with Gasteiger partial charge in [0.2, 0.25) is 0 Å². The van der Waals surface area contributed by atoms with Gasteiger partial charge < -0.3 is 0 Å². The second kappa shape index (κ2) is 6.10. The molecule has 0 unspecified atom stereocenters. The van der Waals surface area contributed by atoms with Crippen LogP contribution in [0.4, 0.5) is 0 Å². The summed E-state index contributed by atoms with van der Waals surface area (Å²) in [6.07, 6.45) is 4.51. The molecule has 4 nitrogen and oxygen atoms in total. The Morgan fingerprint density at radius 3 is 2.84 bits per heavy atom. The highest BCUT2D eigenvalue weighted by molar-refractivity contribution is 9.10. The highest BCUT2D eigenvalue weighted by Gasteiger charge is 2.18. The number of aryl methyl sites for hydroxylation is 1. The van der Waals surface area contributed by atoms with E-state index in [0.717, 1.165) is 10.2 Å². The van der Waals surface area contributed by atoms with E-state index in [1.165, 1.54) is 0 Å². The molecule has 0 N–H and O–H groups in total. The van der Waals surface area contributed by atoms with E-state index in [0.29, 0.717) is 18.5 Å². The van der Waals surface area contributed by atoms with Gasteiger partial charge in [0.15, 0.2) is 5.78 Å². The minimum Gasteiger partial charge on any atom is -0.292 e. The van der Waals surface area contributed by atoms with E-state index in [-0.39, 0.29) is 11.8 Å². The molecule has 0 spiro atoms. The average molecular weight is 322 g/mol. The van der Waals surface area contributed by atoms with Crippen molar-refractivity contribution in [1.82, 2.24) is 14.8 Å². The lowest BCUT2D eigenvalue weighted by Crippen LogP contribution is -2.13. The van der Waals surface area contributed by atoms with E-state index in [1.54, 1.807) is 17.1 Å². The van der Waals surface area contributed by atoms with E-state index >= 15 is 0 Å². The molecule has 19 heavy (non-hydrogen) atoms. The van der Waals surface area contributed by atoms with Crippen LogP contribution in [0, 0.1) is 0 Å². The molecule has 0 amide bonds. The highest BCUT2D eigenvalue weighted by Crippen LogP contribution is 2.21. The Kier molecular flexibility index (Phi) is 4.47. The van der Waals surface area contributed by atoms with E-state index in [2.05, 4.69) is 26.0 Å². The molecule has 0 aliphatic rings. The lowest BCUT2D eigenvalue weighted by molar-refractivity contribution is 0.0969. The van der Waals surface area contributed by atoms with Crippen molar-refractivity contribution in [2.24, 2.45) is 0 Å². The molecule has 0 saturated heterocycles. The molecule has 2 rings (SSSR count). The van der Waals surface area contributed by atoms with Crippen LogP contribution >= 0.6 is 15.9 Å². The van der Waals surface area contributed by atoms with E-state index in [4.69, 9.17) is 0 Å². The first-order valence-electron chi connectivity index (χ1n) is 6.25. The number of hydrogen-bond donors (Lipinski definition) is 0. The largest absolute Gasteiger partial charge is 0.292 e. The Bertz CT molecular complexity index is 563. The normalized spacial score (nSPS) is 10.9. The maximum absolute atomic E-state index is 12.3. The van der Waals surface area contributed by atoms with Crippen LogP contribution in [0.15, 0.2) is 35.1 Å². The molecule has 0 atom stereocenters. The molecule has 0 bridgehead atoms. The maximum atomic E-state index is 12.3. The summed E-state index contributed by atoms with van der Waals surface area (Å²) in [5.41, 5.74) is 1.58. The van der Waals surface area contributed by atoms with Gasteiger partial charge >= 0.3 is 0 Å². The number of nitrogens with zero attached hydrogens (tertiary/aromatic N) is 3. The minimum absolute atomic E-state index is 0.0868. The third-order valence-corrected chi connectivity index (χ3v) is 3.42. The van der Waals surface area contributed by atoms with Crippen LogP contribution in [0.5, 0.6) is 0 Å². The minimum atomic E-state index is 0.0868. The van der Waals surface area contributed by atoms with Crippen LogP contribution in [0.25, 0.3) is 0 Å². The van der Waals surface area contributed by atoms with Crippen molar-refractivity contribution in [3.8, 4) is 0 Å². The quantitative estimate of drug-likeness (QED) is 0.792. The number of ketones is 1. The Morgan fingerprint density at radius 2 is 2.21 bits per heavy atom. The molecule has 5 heteroatoms. The molecule has 2 aromatic rings. The van der Waals surface area contributed by atoms with Crippen molar-refractivity contribution in [1.29, 1.82) is 0 Å². The number of aromatic nitrogens is 3. The molecule has 0 aliphatic carbocycles. The van der Waals surface area contributed by atoms with Crippen molar-refractivity contribution in [2.75, 3.05) is 0 Å². The summed E-state index contributed by atoms with van der Waals surface area (Å²) in [7, 11) is 0. The van der Waals surface area contributed by atoms with Crippen LogP contribution in [0.1, 0.15) is 42.5 Å². The zero-order valence-electron chi connectivity index (χ0n) is 11.0. The second-order valence-electron chi connectivity index (χ2n) is 4.62. The van der Waals surface area contributed by atoms with Gasteiger partial charge in [0.1, 0.15) is 5.69 Å². The van der Waals surface area contributed by atoms with Crippen molar-refractivity contribution in [3.05, 3.63) is 46.5 Å². The van der Waals surface area contributed by atoms with Crippen LogP contribution in [0.2, 0.25) is 0 Å². The van der Waals surface area contributed by atoms with E-state index < -0.39 is 0 Å². The van der Waals surface area contributed by atoms with E-state index in [9.17, 15) is 4.79 Å². The Balaban J connectivity index is 2.10. The molecule has 0 radical (unpaired) electrons. The number of carbonyl (C=O) groups excluding carboxylic acids is 1. The standard InChI is InChI=1S/C14H16BrN3O/c1-10(2)18-14(12(15)9-17-18)13(19)7-6-11-5-3-4-8-16-11/h3-5,8-10H,6-7H2,1-2H3. The first-order chi connectivity index (χ1) is 9.09. The van der Waals surface area contributed by atoms with Gasteiger partial charge in [-0.2, -0.15) is 5.10 Å². The van der Waals surface area contributed by atoms with Gasteiger partial charge in [0.05, 0.1) is 10.7 Å². The fourth-order valence-corrected chi connectivity index (χ4v) is 2.39. The molecule has 0 aliphatic heterocycles. The SMILES string of the molecule is CC(C)n1ncc(Br)c1C(=O)CCc1ccccn1. The van der Waals surface area contributed by atoms with Crippen molar-refractivity contribution in [2.45, 2.75) is 32.7 Å². The smallest absolute Gasteiger partial charge is 0.182 e. The molecule has 0 aromatic carbocycles. The van der Waals surface area contributed by atoms with Crippen molar-refractivity contribution < 1.29 is 4.79 Å². The van der Waals surface area contributed by atoms with Crippen LogP contribution in [-0.2, 0) is 6.42 Å².